The third-order valence-electron chi connectivity index (χ3n) is 4.46. The minimum Gasteiger partial charge on any atom is -0.495 e. The molecule has 0 fully saturated rings. The van der Waals surface area contributed by atoms with Gasteiger partial charge in [-0.3, -0.25) is 14.9 Å². The molecule has 0 spiro atoms. The quantitative estimate of drug-likeness (QED) is 0.409. The molecule has 144 valence electrons. The number of ether oxygens (including phenoxy) is 1. The van der Waals surface area contributed by atoms with Crippen molar-refractivity contribution in [2.45, 2.75) is 24.7 Å². The van der Waals surface area contributed by atoms with Gasteiger partial charge < -0.3 is 10.1 Å². The van der Waals surface area contributed by atoms with Gasteiger partial charge in [0.2, 0.25) is 0 Å². The fourth-order valence-corrected chi connectivity index (χ4v) is 3.52. The number of nitro groups is 1. The smallest absolute Gasteiger partial charge is 0.285 e. The third kappa shape index (κ3) is 5.01. The Morgan fingerprint density at radius 1 is 1.26 bits per heavy atom. The van der Waals surface area contributed by atoms with Gasteiger partial charge in [-0.05, 0) is 23.8 Å². The number of rotatable bonds is 8. The van der Waals surface area contributed by atoms with E-state index in [2.05, 4.69) is 19.2 Å². The highest BCUT2D eigenvalue weighted by Crippen LogP contribution is 2.34. The van der Waals surface area contributed by atoms with Crippen LogP contribution in [0.4, 0.5) is 5.69 Å². The Labute approximate surface area is 163 Å². The monoisotopic (exact) mass is 388 g/mol. The number of nitrogens with one attached hydrogen (secondary N) is 1. The van der Waals surface area contributed by atoms with Crippen molar-refractivity contribution in [3.63, 3.8) is 0 Å². The van der Waals surface area contributed by atoms with Gasteiger partial charge in [0.05, 0.1) is 23.0 Å². The predicted molar refractivity (Wildman–Crippen MR) is 108 cm³/mol. The van der Waals surface area contributed by atoms with Crippen LogP contribution in [0.2, 0.25) is 0 Å². The molecule has 0 aromatic heterocycles. The van der Waals surface area contributed by atoms with Crippen LogP contribution in [-0.4, -0.2) is 30.7 Å². The number of carbonyl (C=O) groups is 1. The first-order valence-corrected chi connectivity index (χ1v) is 9.85. The maximum absolute atomic E-state index is 12.7. The van der Waals surface area contributed by atoms with E-state index in [1.807, 2.05) is 36.6 Å². The number of amides is 1. The number of thioether (sulfide) groups is 1. The molecule has 2 aromatic carbocycles. The Morgan fingerprint density at radius 2 is 1.93 bits per heavy atom. The summed E-state index contributed by atoms with van der Waals surface area (Å²) in [5, 5.41) is 14.3. The molecule has 1 atom stereocenters. The summed E-state index contributed by atoms with van der Waals surface area (Å²) >= 11 is 1.37. The summed E-state index contributed by atoms with van der Waals surface area (Å²) < 4.78 is 5.19. The Kier molecular flexibility index (Phi) is 7.24. The van der Waals surface area contributed by atoms with Crippen LogP contribution in [0.3, 0.4) is 0 Å². The molecule has 0 saturated heterocycles. The van der Waals surface area contributed by atoms with Crippen molar-refractivity contribution in [3.8, 4) is 5.75 Å². The molecular formula is C20H24N2O4S. The van der Waals surface area contributed by atoms with Gasteiger partial charge in [-0.15, -0.1) is 11.8 Å². The van der Waals surface area contributed by atoms with Gasteiger partial charge in [0.1, 0.15) is 11.3 Å². The molecule has 27 heavy (non-hydrogen) atoms. The van der Waals surface area contributed by atoms with Crippen LogP contribution in [-0.2, 0) is 0 Å². The molecule has 0 heterocycles. The van der Waals surface area contributed by atoms with Crippen LogP contribution in [0.1, 0.15) is 35.7 Å². The average molecular weight is 388 g/mol. The number of nitrogens with zero attached hydrogens (tertiary/aromatic N) is 1. The highest BCUT2D eigenvalue weighted by Gasteiger charge is 2.25. The second-order valence-corrected chi connectivity index (χ2v) is 7.30. The first kappa shape index (κ1) is 20.8. The molecule has 0 bridgehead atoms. The van der Waals surface area contributed by atoms with Gasteiger partial charge in [-0.2, -0.15) is 0 Å². The Morgan fingerprint density at radius 3 is 2.44 bits per heavy atom. The molecule has 1 unspecified atom stereocenters. The topological polar surface area (TPSA) is 81.5 Å². The van der Waals surface area contributed by atoms with Gasteiger partial charge in [0, 0.05) is 12.5 Å². The molecule has 0 aliphatic heterocycles. The number of nitro benzene ring substituents is 1. The number of hydrogen-bond donors (Lipinski definition) is 1. The minimum absolute atomic E-state index is 0.0423. The van der Waals surface area contributed by atoms with Crippen molar-refractivity contribution in [1.29, 1.82) is 0 Å². The van der Waals surface area contributed by atoms with Crippen molar-refractivity contribution in [2.24, 2.45) is 5.92 Å². The second kappa shape index (κ2) is 9.41. The van der Waals surface area contributed by atoms with Crippen molar-refractivity contribution in [2.75, 3.05) is 19.9 Å². The van der Waals surface area contributed by atoms with Crippen molar-refractivity contribution >= 4 is 23.4 Å². The lowest BCUT2D eigenvalue weighted by Gasteiger charge is -2.22. The fourth-order valence-electron chi connectivity index (χ4n) is 2.94. The molecular weight excluding hydrogens is 364 g/mol. The normalized spacial score (nSPS) is 11.9. The van der Waals surface area contributed by atoms with Crippen LogP contribution < -0.4 is 10.1 Å². The molecule has 2 rings (SSSR count). The summed E-state index contributed by atoms with van der Waals surface area (Å²) in [6.45, 7) is 4.58. The van der Waals surface area contributed by atoms with E-state index in [1.165, 1.54) is 31.0 Å². The molecule has 1 N–H and O–H groups in total. The van der Waals surface area contributed by atoms with Gasteiger partial charge in [0.15, 0.2) is 0 Å². The first-order chi connectivity index (χ1) is 12.9. The maximum Gasteiger partial charge on any atom is 0.285 e. The predicted octanol–water partition coefficient (Wildman–Crippen LogP) is 4.49. The SMILES string of the molecule is COc1cc([N+](=O)[O-])c(C(=O)NCC(c2ccccc2)C(C)C)cc1SC. The molecule has 2 aromatic rings. The van der Waals surface area contributed by atoms with Gasteiger partial charge in [0.25, 0.3) is 11.6 Å². The zero-order chi connectivity index (χ0) is 20.0. The number of benzene rings is 2. The summed E-state index contributed by atoms with van der Waals surface area (Å²) in [7, 11) is 1.45. The zero-order valence-electron chi connectivity index (χ0n) is 15.9. The second-order valence-electron chi connectivity index (χ2n) is 6.45. The van der Waals surface area contributed by atoms with E-state index in [4.69, 9.17) is 4.74 Å². The van der Waals surface area contributed by atoms with E-state index in [0.717, 1.165) is 5.56 Å². The number of carbonyl (C=O) groups excluding carboxylic acids is 1. The first-order valence-electron chi connectivity index (χ1n) is 8.62. The van der Waals surface area contributed by atoms with Gasteiger partial charge in [-0.25, -0.2) is 0 Å². The standard InChI is InChI=1S/C20H24N2O4S/c1-13(2)16(14-8-6-5-7-9-14)12-21-20(23)15-10-19(27-4)18(26-3)11-17(15)22(24)25/h5-11,13,16H,12H2,1-4H3,(H,21,23). The van der Waals surface area contributed by atoms with E-state index in [-0.39, 0.29) is 17.2 Å². The minimum atomic E-state index is -0.557. The Bertz CT molecular complexity index is 809. The van der Waals surface area contributed by atoms with E-state index >= 15 is 0 Å². The fraction of sp³-hybridized carbons (Fsp3) is 0.350. The number of hydrogen-bond acceptors (Lipinski definition) is 5. The molecule has 0 aliphatic carbocycles. The van der Waals surface area contributed by atoms with Gasteiger partial charge >= 0.3 is 0 Å². The molecule has 0 saturated carbocycles. The van der Waals surface area contributed by atoms with Crippen LogP contribution >= 0.6 is 11.8 Å². The van der Waals surface area contributed by atoms with E-state index in [1.54, 1.807) is 0 Å². The lowest BCUT2D eigenvalue weighted by molar-refractivity contribution is -0.385. The highest BCUT2D eigenvalue weighted by atomic mass is 32.2. The van der Waals surface area contributed by atoms with Crippen molar-refractivity contribution < 1.29 is 14.5 Å². The van der Waals surface area contributed by atoms with Crippen LogP contribution in [0, 0.1) is 16.0 Å². The summed E-state index contributed by atoms with van der Waals surface area (Å²) in [6, 6.07) is 12.8. The van der Waals surface area contributed by atoms with Gasteiger partial charge in [-0.1, -0.05) is 44.2 Å². The number of methoxy groups -OCH3 is 1. The largest absolute Gasteiger partial charge is 0.495 e. The lowest BCUT2D eigenvalue weighted by Crippen LogP contribution is -2.30. The molecule has 0 radical (unpaired) electrons. The Balaban J connectivity index is 2.27. The Hall–Kier alpha value is -2.54. The van der Waals surface area contributed by atoms with Crippen LogP contribution in [0.15, 0.2) is 47.4 Å². The summed E-state index contributed by atoms with van der Waals surface area (Å²) in [6.07, 6.45) is 1.83. The lowest BCUT2D eigenvalue weighted by atomic mass is 9.88. The van der Waals surface area contributed by atoms with Crippen molar-refractivity contribution in [1.82, 2.24) is 5.32 Å². The molecule has 1 amide bonds. The molecule has 6 nitrogen and oxygen atoms in total. The van der Waals surface area contributed by atoms with Crippen molar-refractivity contribution in [3.05, 3.63) is 63.7 Å². The highest BCUT2D eigenvalue weighted by molar-refractivity contribution is 7.98. The molecule has 7 heteroatoms. The van der Waals surface area contributed by atoms with Crippen LogP contribution in [0.5, 0.6) is 5.75 Å². The summed E-state index contributed by atoms with van der Waals surface area (Å²) in [4.78, 5) is 24.3. The summed E-state index contributed by atoms with van der Waals surface area (Å²) in [5.41, 5.74) is 0.908. The van der Waals surface area contributed by atoms with E-state index < -0.39 is 10.8 Å². The van der Waals surface area contributed by atoms with E-state index in [0.29, 0.717) is 23.1 Å². The third-order valence-corrected chi connectivity index (χ3v) is 5.22. The zero-order valence-corrected chi connectivity index (χ0v) is 16.7. The maximum atomic E-state index is 12.7. The average Bonchev–Trinajstić information content (AvgIpc) is 2.67. The van der Waals surface area contributed by atoms with E-state index in [9.17, 15) is 14.9 Å². The summed E-state index contributed by atoms with van der Waals surface area (Å²) in [5.74, 6) is 0.351. The molecule has 0 aliphatic rings. The van der Waals surface area contributed by atoms with Crippen LogP contribution in [0.25, 0.3) is 0 Å².